The van der Waals surface area contributed by atoms with E-state index < -0.39 is 0 Å². The summed E-state index contributed by atoms with van der Waals surface area (Å²) in [6.07, 6.45) is 3.94. The number of piperidine rings is 1. The third-order valence-electron chi connectivity index (χ3n) is 3.84. The fourth-order valence-electron chi connectivity index (χ4n) is 2.54. The minimum atomic E-state index is -0.0349. The first kappa shape index (κ1) is 17.4. The van der Waals surface area contributed by atoms with E-state index in [1.54, 1.807) is 20.3 Å². The summed E-state index contributed by atoms with van der Waals surface area (Å²) in [6.45, 7) is 2.06. The van der Waals surface area contributed by atoms with Crippen molar-refractivity contribution < 1.29 is 19.0 Å². The van der Waals surface area contributed by atoms with Gasteiger partial charge in [-0.3, -0.25) is 4.79 Å². The second-order valence-electron chi connectivity index (χ2n) is 5.54. The Kier molecular flexibility index (Phi) is 7.00. The molecule has 0 aromatic heterocycles. The van der Waals surface area contributed by atoms with Gasteiger partial charge in [0.25, 0.3) is 0 Å². The molecule has 1 aromatic rings. The number of benzene rings is 1. The highest BCUT2D eigenvalue weighted by Gasteiger charge is 2.19. The first-order valence-electron chi connectivity index (χ1n) is 8.10. The van der Waals surface area contributed by atoms with Crippen molar-refractivity contribution in [1.82, 2.24) is 10.6 Å². The highest BCUT2D eigenvalue weighted by Crippen LogP contribution is 2.27. The Bertz CT molecular complexity index is 479. The van der Waals surface area contributed by atoms with Gasteiger partial charge in [-0.05, 0) is 25.8 Å². The summed E-state index contributed by atoms with van der Waals surface area (Å²) in [6, 6.07) is 5.39. The van der Waals surface area contributed by atoms with Gasteiger partial charge >= 0.3 is 0 Å². The van der Waals surface area contributed by atoms with Crippen LogP contribution in [0, 0.1) is 0 Å². The number of hydrogen-bond acceptors (Lipinski definition) is 5. The Balaban J connectivity index is 1.68. The number of carbonyl (C=O) groups excluding carboxylic acids is 1. The van der Waals surface area contributed by atoms with Crippen molar-refractivity contribution in [2.75, 3.05) is 33.9 Å². The number of carbonyl (C=O) groups is 1. The largest absolute Gasteiger partial charge is 0.496 e. The molecule has 1 fully saturated rings. The van der Waals surface area contributed by atoms with Crippen LogP contribution in [0.5, 0.6) is 17.2 Å². The van der Waals surface area contributed by atoms with Crippen molar-refractivity contribution in [3.8, 4) is 17.2 Å². The summed E-state index contributed by atoms with van der Waals surface area (Å²) < 4.78 is 16.1. The van der Waals surface area contributed by atoms with Crippen LogP contribution in [-0.2, 0) is 4.79 Å². The Labute approximate surface area is 137 Å². The molecule has 1 unspecified atom stereocenters. The fourth-order valence-corrected chi connectivity index (χ4v) is 2.54. The maximum Gasteiger partial charge on any atom is 0.237 e. The summed E-state index contributed by atoms with van der Waals surface area (Å²) in [7, 11) is 3.21. The van der Waals surface area contributed by atoms with Crippen LogP contribution in [0.4, 0.5) is 0 Å². The summed E-state index contributed by atoms with van der Waals surface area (Å²) in [5.74, 6) is 2.17. The molecule has 0 saturated carbocycles. The highest BCUT2D eigenvalue weighted by atomic mass is 16.5. The Morgan fingerprint density at radius 3 is 2.48 bits per heavy atom. The summed E-state index contributed by atoms with van der Waals surface area (Å²) in [5, 5.41) is 6.19. The molecule has 1 aliphatic heterocycles. The van der Waals surface area contributed by atoms with Gasteiger partial charge in [0, 0.05) is 24.7 Å². The molecule has 6 nitrogen and oxygen atoms in total. The van der Waals surface area contributed by atoms with Gasteiger partial charge in [-0.15, -0.1) is 0 Å². The molecule has 23 heavy (non-hydrogen) atoms. The number of methoxy groups -OCH3 is 2. The summed E-state index contributed by atoms with van der Waals surface area (Å²) in [5.41, 5.74) is 0. The minimum Gasteiger partial charge on any atom is -0.496 e. The third kappa shape index (κ3) is 5.63. The molecular weight excluding hydrogens is 296 g/mol. The van der Waals surface area contributed by atoms with Gasteiger partial charge in [0.15, 0.2) is 0 Å². The monoisotopic (exact) mass is 322 g/mol. The van der Waals surface area contributed by atoms with Crippen LogP contribution in [0.3, 0.4) is 0 Å². The normalized spacial score (nSPS) is 17.4. The van der Waals surface area contributed by atoms with E-state index in [-0.39, 0.29) is 11.9 Å². The molecule has 1 amide bonds. The van der Waals surface area contributed by atoms with Crippen LogP contribution in [-0.4, -0.2) is 45.9 Å². The average Bonchev–Trinajstić information content (AvgIpc) is 2.61. The molecule has 2 rings (SSSR count). The molecule has 128 valence electrons. The van der Waals surface area contributed by atoms with E-state index in [1.807, 2.05) is 12.1 Å². The summed E-state index contributed by atoms with van der Waals surface area (Å²) >= 11 is 0. The maximum atomic E-state index is 12.0. The molecule has 0 radical (unpaired) electrons. The topological polar surface area (TPSA) is 68.8 Å². The van der Waals surface area contributed by atoms with E-state index >= 15 is 0 Å². The van der Waals surface area contributed by atoms with Crippen molar-refractivity contribution >= 4 is 5.91 Å². The second kappa shape index (κ2) is 9.25. The van der Waals surface area contributed by atoms with Crippen molar-refractivity contribution in [2.24, 2.45) is 0 Å². The van der Waals surface area contributed by atoms with E-state index in [9.17, 15) is 4.79 Å². The number of ether oxygens (including phenoxy) is 3. The maximum absolute atomic E-state index is 12.0. The molecule has 1 atom stereocenters. The minimum absolute atomic E-state index is 0.0349. The van der Waals surface area contributed by atoms with Crippen molar-refractivity contribution in [2.45, 2.75) is 31.7 Å². The van der Waals surface area contributed by atoms with Gasteiger partial charge in [0.1, 0.15) is 17.2 Å². The van der Waals surface area contributed by atoms with Gasteiger partial charge in [0.05, 0.1) is 26.9 Å². The lowest BCUT2D eigenvalue weighted by molar-refractivity contribution is -0.123. The van der Waals surface area contributed by atoms with E-state index in [0.29, 0.717) is 30.4 Å². The van der Waals surface area contributed by atoms with Gasteiger partial charge in [-0.2, -0.15) is 0 Å². The van der Waals surface area contributed by atoms with Gasteiger partial charge in [0.2, 0.25) is 5.91 Å². The highest BCUT2D eigenvalue weighted by molar-refractivity contribution is 5.81. The molecule has 0 aliphatic carbocycles. The van der Waals surface area contributed by atoms with Crippen LogP contribution >= 0.6 is 0 Å². The molecule has 6 heteroatoms. The quantitative estimate of drug-likeness (QED) is 0.714. The average molecular weight is 322 g/mol. The first-order chi connectivity index (χ1) is 11.2. The van der Waals surface area contributed by atoms with Crippen LogP contribution in [0.15, 0.2) is 18.2 Å². The van der Waals surface area contributed by atoms with Crippen LogP contribution in [0.25, 0.3) is 0 Å². The number of hydrogen-bond donors (Lipinski definition) is 2. The zero-order valence-electron chi connectivity index (χ0n) is 13.9. The predicted molar refractivity (Wildman–Crippen MR) is 88.3 cm³/mol. The summed E-state index contributed by atoms with van der Waals surface area (Å²) in [4.78, 5) is 12.0. The Morgan fingerprint density at radius 1 is 1.17 bits per heavy atom. The molecule has 2 N–H and O–H groups in total. The van der Waals surface area contributed by atoms with E-state index in [4.69, 9.17) is 14.2 Å². The van der Waals surface area contributed by atoms with Crippen LogP contribution < -0.4 is 24.8 Å². The van der Waals surface area contributed by atoms with Gasteiger partial charge < -0.3 is 24.8 Å². The molecular formula is C17H26N2O4. The van der Waals surface area contributed by atoms with Crippen molar-refractivity contribution in [3.63, 3.8) is 0 Å². The lowest BCUT2D eigenvalue weighted by Gasteiger charge is -2.22. The molecule has 0 spiro atoms. The SMILES string of the molecule is COc1cc(OC)cc(OCCCNC(=O)C2CCCCN2)c1. The van der Waals surface area contributed by atoms with Crippen molar-refractivity contribution in [1.29, 1.82) is 0 Å². The van der Waals surface area contributed by atoms with E-state index in [0.717, 1.165) is 32.2 Å². The number of nitrogens with one attached hydrogen (secondary N) is 2. The molecule has 1 aromatic carbocycles. The van der Waals surface area contributed by atoms with Gasteiger partial charge in [-0.25, -0.2) is 0 Å². The smallest absolute Gasteiger partial charge is 0.237 e. The fraction of sp³-hybridized carbons (Fsp3) is 0.588. The van der Waals surface area contributed by atoms with Gasteiger partial charge in [-0.1, -0.05) is 6.42 Å². The number of amides is 1. The zero-order chi connectivity index (χ0) is 16.5. The standard InChI is InChI=1S/C17H26N2O4/c1-21-13-10-14(22-2)12-15(11-13)23-9-5-8-19-17(20)16-6-3-4-7-18-16/h10-12,16,18H,3-9H2,1-2H3,(H,19,20). The predicted octanol–water partition coefficient (Wildman–Crippen LogP) is 1.73. The molecule has 1 heterocycles. The number of rotatable bonds is 8. The first-order valence-corrected chi connectivity index (χ1v) is 8.10. The van der Waals surface area contributed by atoms with E-state index in [2.05, 4.69) is 10.6 Å². The lowest BCUT2D eigenvalue weighted by Crippen LogP contribution is -2.46. The molecule has 0 bridgehead atoms. The van der Waals surface area contributed by atoms with E-state index in [1.165, 1.54) is 0 Å². The zero-order valence-corrected chi connectivity index (χ0v) is 13.9. The second-order valence-corrected chi connectivity index (χ2v) is 5.54. The van der Waals surface area contributed by atoms with Crippen LogP contribution in [0.2, 0.25) is 0 Å². The van der Waals surface area contributed by atoms with Crippen LogP contribution in [0.1, 0.15) is 25.7 Å². The Hall–Kier alpha value is -1.95. The van der Waals surface area contributed by atoms with Crippen molar-refractivity contribution in [3.05, 3.63) is 18.2 Å². The molecule has 1 saturated heterocycles. The lowest BCUT2D eigenvalue weighted by atomic mass is 10.0. The molecule has 1 aliphatic rings. The Morgan fingerprint density at radius 2 is 1.87 bits per heavy atom. The third-order valence-corrected chi connectivity index (χ3v) is 3.84.